The summed E-state index contributed by atoms with van der Waals surface area (Å²) in [4.78, 5) is 39.2. The maximum atomic E-state index is 14.2. The zero-order valence-electron chi connectivity index (χ0n) is 18.5. The molecule has 1 aliphatic carbocycles. The number of amides is 4. The van der Waals surface area contributed by atoms with Crippen molar-refractivity contribution >= 4 is 17.8 Å². The van der Waals surface area contributed by atoms with Gasteiger partial charge in [0.2, 0.25) is 5.75 Å². The Bertz CT molecular complexity index is 931. The van der Waals surface area contributed by atoms with E-state index in [0.29, 0.717) is 30.6 Å². The number of nitrogens with one attached hydrogen (secondary N) is 2. The van der Waals surface area contributed by atoms with Crippen molar-refractivity contribution in [2.75, 3.05) is 21.3 Å². The van der Waals surface area contributed by atoms with E-state index >= 15 is 0 Å². The van der Waals surface area contributed by atoms with E-state index in [2.05, 4.69) is 0 Å². The minimum atomic E-state index is -5.31. The fourth-order valence-electron chi connectivity index (χ4n) is 4.26. The maximum absolute atomic E-state index is 14.2. The van der Waals surface area contributed by atoms with E-state index in [1.165, 1.54) is 33.5 Å². The van der Waals surface area contributed by atoms with Crippen LogP contribution in [0.15, 0.2) is 12.1 Å². The first-order valence-electron chi connectivity index (χ1n) is 10.4. The van der Waals surface area contributed by atoms with Crippen LogP contribution in [0.4, 0.5) is 18.0 Å². The lowest BCUT2D eigenvalue weighted by Gasteiger charge is -2.31. The van der Waals surface area contributed by atoms with Crippen molar-refractivity contribution in [3.8, 4) is 17.2 Å². The van der Waals surface area contributed by atoms with Crippen LogP contribution in [-0.2, 0) is 4.79 Å². The van der Waals surface area contributed by atoms with Gasteiger partial charge in [0.15, 0.2) is 11.5 Å². The Hall–Kier alpha value is -3.18. The van der Waals surface area contributed by atoms with Crippen LogP contribution in [0.2, 0.25) is 0 Å². The molecule has 0 radical (unpaired) electrons. The molecule has 0 spiro atoms. The summed E-state index contributed by atoms with van der Waals surface area (Å²) in [5, 5.41) is 3.41. The highest BCUT2D eigenvalue weighted by Crippen LogP contribution is 2.41. The summed E-state index contributed by atoms with van der Waals surface area (Å²) in [6.07, 6.45) is -1.36. The average Bonchev–Trinajstić information content (AvgIpc) is 2.94. The van der Waals surface area contributed by atoms with Crippen molar-refractivity contribution in [3.05, 3.63) is 17.7 Å². The first-order chi connectivity index (χ1) is 15.6. The van der Waals surface area contributed by atoms with Crippen LogP contribution in [-0.4, -0.2) is 62.0 Å². The van der Waals surface area contributed by atoms with Gasteiger partial charge in [-0.2, -0.15) is 13.2 Å². The first-order valence-corrected chi connectivity index (χ1v) is 10.4. The molecule has 12 heteroatoms. The van der Waals surface area contributed by atoms with Gasteiger partial charge in [-0.15, -0.1) is 0 Å². The van der Waals surface area contributed by atoms with Crippen molar-refractivity contribution in [2.24, 2.45) is 0 Å². The third-order valence-corrected chi connectivity index (χ3v) is 5.92. The Morgan fingerprint density at radius 2 is 1.64 bits per heavy atom. The number of carbonyl (C=O) groups is 3. The molecule has 2 fully saturated rings. The summed E-state index contributed by atoms with van der Waals surface area (Å²) in [5.74, 6) is -2.87. The van der Waals surface area contributed by atoms with Gasteiger partial charge in [0.1, 0.15) is 0 Å². The molecular formula is C21H26F3N3O6. The van der Waals surface area contributed by atoms with E-state index in [-0.39, 0.29) is 22.8 Å². The average molecular weight is 473 g/mol. The Morgan fingerprint density at radius 1 is 1.03 bits per heavy atom. The topological polar surface area (TPSA) is 106 Å². The highest BCUT2D eigenvalue weighted by atomic mass is 19.4. The lowest BCUT2D eigenvalue weighted by atomic mass is 10.0. The number of benzene rings is 1. The summed E-state index contributed by atoms with van der Waals surface area (Å²) in [5.41, 5.74) is -3.94. The summed E-state index contributed by atoms with van der Waals surface area (Å²) in [6, 6.07) is 0.619. The maximum Gasteiger partial charge on any atom is 0.440 e. The van der Waals surface area contributed by atoms with Crippen LogP contribution in [0, 0.1) is 0 Å². The van der Waals surface area contributed by atoms with E-state index in [1.807, 2.05) is 0 Å². The summed E-state index contributed by atoms with van der Waals surface area (Å²) in [6.45, 7) is 0. The number of hydrogen-bond acceptors (Lipinski definition) is 6. The molecule has 9 nitrogen and oxygen atoms in total. The third-order valence-electron chi connectivity index (χ3n) is 5.92. The zero-order chi connectivity index (χ0) is 24.4. The number of carbonyl (C=O) groups excluding carboxylic acids is 3. The monoisotopic (exact) mass is 473 g/mol. The molecule has 33 heavy (non-hydrogen) atoms. The van der Waals surface area contributed by atoms with Gasteiger partial charge in [-0.05, 0) is 25.0 Å². The number of rotatable bonds is 6. The molecule has 4 amide bonds. The highest BCUT2D eigenvalue weighted by molar-refractivity contribution is 6.11. The Kier molecular flexibility index (Phi) is 6.94. The van der Waals surface area contributed by atoms with Gasteiger partial charge in [-0.25, -0.2) is 4.79 Å². The fourth-order valence-corrected chi connectivity index (χ4v) is 4.26. The molecule has 1 atom stereocenters. The summed E-state index contributed by atoms with van der Waals surface area (Å²) in [7, 11) is 3.80. The molecule has 1 aromatic rings. The molecule has 1 heterocycles. The predicted octanol–water partition coefficient (Wildman–Crippen LogP) is 2.98. The van der Waals surface area contributed by atoms with E-state index in [9.17, 15) is 27.6 Å². The molecule has 0 unspecified atom stereocenters. The first kappa shape index (κ1) is 24.5. The Morgan fingerprint density at radius 3 is 2.15 bits per heavy atom. The van der Waals surface area contributed by atoms with E-state index in [0.717, 1.165) is 12.8 Å². The lowest BCUT2D eigenvalue weighted by molar-refractivity contribution is -0.200. The van der Waals surface area contributed by atoms with Gasteiger partial charge in [-0.1, -0.05) is 25.7 Å². The van der Waals surface area contributed by atoms with Crippen LogP contribution in [0.3, 0.4) is 0 Å². The second kappa shape index (κ2) is 9.36. The zero-order valence-corrected chi connectivity index (χ0v) is 18.5. The number of alkyl halides is 3. The van der Waals surface area contributed by atoms with Crippen molar-refractivity contribution in [1.82, 2.24) is 15.5 Å². The van der Waals surface area contributed by atoms with E-state index in [4.69, 9.17) is 14.2 Å². The molecule has 3 rings (SSSR count). The number of ether oxygens (including phenoxy) is 3. The number of imide groups is 1. The number of nitrogens with zero attached hydrogens (tertiary/aromatic N) is 1. The minimum Gasteiger partial charge on any atom is -0.493 e. The SMILES string of the molecule is COc1ccc(C(=O)N[C@@]2(C(F)(F)F)NC(=O)N(C3CCCCCC3)C2=O)c(OC)c1OC. The number of urea groups is 1. The second-order valence-corrected chi connectivity index (χ2v) is 7.83. The van der Waals surface area contributed by atoms with E-state index < -0.39 is 35.7 Å². The molecule has 1 aromatic carbocycles. The number of hydrogen-bond donors (Lipinski definition) is 2. The highest BCUT2D eigenvalue weighted by Gasteiger charge is 2.69. The van der Waals surface area contributed by atoms with Gasteiger partial charge < -0.3 is 19.5 Å². The van der Waals surface area contributed by atoms with Crippen molar-refractivity contribution in [3.63, 3.8) is 0 Å². The number of halogens is 3. The molecule has 182 valence electrons. The molecule has 1 saturated heterocycles. The van der Waals surface area contributed by atoms with Crippen LogP contribution >= 0.6 is 0 Å². The normalized spacial score (nSPS) is 21.9. The van der Waals surface area contributed by atoms with Gasteiger partial charge in [-0.3, -0.25) is 19.8 Å². The van der Waals surface area contributed by atoms with Gasteiger partial charge in [0, 0.05) is 6.04 Å². The minimum absolute atomic E-state index is 0.0180. The third kappa shape index (κ3) is 4.25. The lowest BCUT2D eigenvalue weighted by Crippen LogP contribution is -2.69. The van der Waals surface area contributed by atoms with Crippen molar-refractivity contribution in [2.45, 2.75) is 56.4 Å². The van der Waals surface area contributed by atoms with Crippen LogP contribution in [0.5, 0.6) is 17.2 Å². The molecular weight excluding hydrogens is 447 g/mol. The Labute approximate surface area is 188 Å². The van der Waals surface area contributed by atoms with E-state index in [1.54, 1.807) is 10.6 Å². The number of methoxy groups -OCH3 is 3. The van der Waals surface area contributed by atoms with Crippen molar-refractivity contribution < 1.29 is 41.8 Å². The smallest absolute Gasteiger partial charge is 0.440 e. The van der Waals surface area contributed by atoms with Crippen molar-refractivity contribution in [1.29, 1.82) is 0 Å². The quantitative estimate of drug-likeness (QED) is 0.486. The van der Waals surface area contributed by atoms with Crippen LogP contribution in [0.25, 0.3) is 0 Å². The molecule has 1 aliphatic heterocycles. The van der Waals surface area contributed by atoms with Gasteiger partial charge in [0.05, 0.1) is 26.9 Å². The summed E-state index contributed by atoms with van der Waals surface area (Å²) < 4.78 is 58.1. The second-order valence-electron chi connectivity index (χ2n) is 7.83. The van der Waals surface area contributed by atoms with Crippen LogP contribution in [0.1, 0.15) is 48.9 Å². The van der Waals surface area contributed by atoms with Crippen LogP contribution < -0.4 is 24.8 Å². The summed E-state index contributed by atoms with van der Waals surface area (Å²) >= 11 is 0. The predicted molar refractivity (Wildman–Crippen MR) is 109 cm³/mol. The van der Waals surface area contributed by atoms with Gasteiger partial charge in [0.25, 0.3) is 17.5 Å². The fraction of sp³-hybridized carbons (Fsp3) is 0.571. The molecule has 2 N–H and O–H groups in total. The standard InChI is InChI=1S/C21H26F3N3O6/c1-31-14-11-10-13(15(32-2)16(14)33-3)17(28)25-20(21(22,23)24)18(29)27(19(30)26-20)12-8-6-4-5-7-9-12/h10-12H,4-9H2,1-3H3,(H,25,28)(H,26,30)/t20-/m1/s1. The Balaban J connectivity index is 1.99. The molecule has 0 bridgehead atoms. The molecule has 1 saturated carbocycles. The largest absolute Gasteiger partial charge is 0.493 e. The molecule has 2 aliphatic rings. The van der Waals surface area contributed by atoms with Gasteiger partial charge >= 0.3 is 12.2 Å². The molecule has 0 aromatic heterocycles.